The lowest BCUT2D eigenvalue weighted by Crippen LogP contribution is -2.04. The minimum atomic E-state index is -0.143. The van der Waals surface area contributed by atoms with E-state index >= 15 is 0 Å². The van der Waals surface area contributed by atoms with Gasteiger partial charge < -0.3 is 9.84 Å². The lowest BCUT2D eigenvalue weighted by molar-refractivity contribution is 0.277. The summed E-state index contributed by atoms with van der Waals surface area (Å²) in [5, 5.41) is 17.8. The fourth-order valence-corrected chi connectivity index (χ4v) is 2.39. The molecule has 0 unspecified atom stereocenters. The zero-order valence-electron chi connectivity index (χ0n) is 12.3. The third-order valence-electron chi connectivity index (χ3n) is 3.49. The van der Waals surface area contributed by atoms with Crippen molar-refractivity contribution >= 4 is 0 Å². The van der Waals surface area contributed by atoms with Gasteiger partial charge in [0.1, 0.15) is 11.4 Å². The van der Waals surface area contributed by atoms with E-state index in [-0.39, 0.29) is 6.61 Å². The van der Waals surface area contributed by atoms with Crippen molar-refractivity contribution in [2.75, 3.05) is 7.11 Å². The van der Waals surface area contributed by atoms with Crippen LogP contribution in [0.1, 0.15) is 11.3 Å². The number of hydrogen-bond donors (Lipinski definition) is 1. The Morgan fingerprint density at radius 3 is 2.41 bits per heavy atom. The highest BCUT2D eigenvalue weighted by molar-refractivity contribution is 5.62. The van der Waals surface area contributed by atoms with Crippen molar-refractivity contribution in [1.82, 2.24) is 15.0 Å². The molecule has 0 aliphatic rings. The molecular weight excluding hydrogens is 278 g/mol. The Balaban J connectivity index is 1.99. The van der Waals surface area contributed by atoms with Crippen molar-refractivity contribution in [2.45, 2.75) is 13.2 Å². The van der Waals surface area contributed by atoms with Crippen LogP contribution in [0.15, 0.2) is 54.6 Å². The fourth-order valence-electron chi connectivity index (χ4n) is 2.39. The molecule has 22 heavy (non-hydrogen) atoms. The summed E-state index contributed by atoms with van der Waals surface area (Å²) in [4.78, 5) is 0. The van der Waals surface area contributed by atoms with Gasteiger partial charge in [-0.05, 0) is 29.8 Å². The first-order chi connectivity index (χ1) is 10.8. The van der Waals surface area contributed by atoms with Gasteiger partial charge >= 0.3 is 0 Å². The van der Waals surface area contributed by atoms with E-state index in [0.717, 1.165) is 22.6 Å². The summed E-state index contributed by atoms with van der Waals surface area (Å²) in [7, 11) is 1.63. The Bertz CT molecular complexity index is 736. The topological polar surface area (TPSA) is 60.2 Å². The molecule has 1 aromatic heterocycles. The Hall–Kier alpha value is -2.66. The molecule has 5 nitrogen and oxygen atoms in total. The molecule has 0 radical (unpaired) electrons. The molecule has 3 rings (SSSR count). The van der Waals surface area contributed by atoms with Crippen molar-refractivity contribution < 1.29 is 9.84 Å². The van der Waals surface area contributed by atoms with Gasteiger partial charge in [0.05, 0.1) is 26.0 Å². The maximum absolute atomic E-state index is 9.52. The highest BCUT2D eigenvalue weighted by atomic mass is 16.5. The van der Waals surface area contributed by atoms with Crippen molar-refractivity contribution in [2.24, 2.45) is 0 Å². The number of hydrogen-bond acceptors (Lipinski definition) is 4. The molecule has 0 bridgehead atoms. The Labute approximate surface area is 128 Å². The zero-order valence-corrected chi connectivity index (χ0v) is 12.3. The van der Waals surface area contributed by atoms with Gasteiger partial charge in [0.25, 0.3) is 0 Å². The summed E-state index contributed by atoms with van der Waals surface area (Å²) in [6, 6.07) is 17.7. The standard InChI is InChI=1S/C17H17N3O2/c1-22-15-9-7-14(8-10-15)17-16(12-21)18-19-20(17)11-13-5-3-2-4-6-13/h2-10,21H,11-12H2,1H3. The molecule has 0 fully saturated rings. The smallest absolute Gasteiger partial charge is 0.118 e. The SMILES string of the molecule is COc1ccc(-c2c(CO)nnn2Cc2ccccc2)cc1. The molecule has 0 atom stereocenters. The van der Waals surface area contributed by atoms with Crippen LogP contribution in [-0.2, 0) is 13.2 Å². The molecule has 3 aromatic rings. The minimum Gasteiger partial charge on any atom is -0.497 e. The molecule has 0 spiro atoms. The maximum atomic E-state index is 9.52. The number of rotatable bonds is 5. The minimum absolute atomic E-state index is 0.143. The average molecular weight is 295 g/mol. The predicted octanol–water partition coefficient (Wildman–Crippen LogP) is 2.49. The van der Waals surface area contributed by atoms with E-state index in [1.807, 2.05) is 59.3 Å². The fraction of sp³-hybridized carbons (Fsp3) is 0.176. The van der Waals surface area contributed by atoms with Crippen LogP contribution in [0.25, 0.3) is 11.3 Å². The summed E-state index contributed by atoms with van der Waals surface area (Å²) in [5.74, 6) is 0.788. The Morgan fingerprint density at radius 1 is 1.05 bits per heavy atom. The van der Waals surface area contributed by atoms with Gasteiger partial charge in [-0.3, -0.25) is 0 Å². The second-order valence-electron chi connectivity index (χ2n) is 4.91. The first kappa shape index (κ1) is 14.3. The molecule has 0 saturated carbocycles. The molecule has 0 aliphatic heterocycles. The van der Waals surface area contributed by atoms with Gasteiger partial charge in [-0.2, -0.15) is 0 Å². The Kier molecular flexibility index (Phi) is 4.16. The van der Waals surface area contributed by atoms with Crippen LogP contribution in [0.5, 0.6) is 5.75 Å². The average Bonchev–Trinajstić information content (AvgIpc) is 2.98. The van der Waals surface area contributed by atoms with Crippen LogP contribution in [0.4, 0.5) is 0 Å². The third kappa shape index (κ3) is 2.84. The number of aliphatic hydroxyl groups excluding tert-OH is 1. The monoisotopic (exact) mass is 295 g/mol. The summed E-state index contributed by atoms with van der Waals surface area (Å²) >= 11 is 0. The molecule has 1 heterocycles. The summed E-state index contributed by atoms with van der Waals surface area (Å²) in [6.45, 7) is 0.464. The molecule has 2 aromatic carbocycles. The van der Waals surface area contributed by atoms with Crippen LogP contribution in [0, 0.1) is 0 Å². The van der Waals surface area contributed by atoms with E-state index in [1.54, 1.807) is 7.11 Å². The van der Waals surface area contributed by atoms with E-state index in [2.05, 4.69) is 10.3 Å². The molecule has 112 valence electrons. The zero-order chi connectivity index (χ0) is 15.4. The highest BCUT2D eigenvalue weighted by Gasteiger charge is 2.14. The van der Waals surface area contributed by atoms with Crippen LogP contribution < -0.4 is 4.74 Å². The van der Waals surface area contributed by atoms with Crippen molar-refractivity contribution in [3.05, 3.63) is 65.9 Å². The first-order valence-electron chi connectivity index (χ1n) is 7.03. The van der Waals surface area contributed by atoms with Gasteiger partial charge in [-0.15, -0.1) is 5.10 Å². The molecular formula is C17H17N3O2. The lowest BCUT2D eigenvalue weighted by atomic mass is 10.1. The first-order valence-corrected chi connectivity index (χ1v) is 7.03. The number of aromatic nitrogens is 3. The number of ether oxygens (including phenoxy) is 1. The number of aliphatic hydroxyl groups is 1. The molecule has 0 saturated heterocycles. The molecule has 0 aliphatic carbocycles. The van der Waals surface area contributed by atoms with Crippen LogP contribution in [-0.4, -0.2) is 27.2 Å². The summed E-state index contributed by atoms with van der Waals surface area (Å²) < 4.78 is 6.99. The largest absolute Gasteiger partial charge is 0.497 e. The molecule has 5 heteroatoms. The van der Waals surface area contributed by atoms with Gasteiger partial charge in [0.2, 0.25) is 0 Å². The second kappa shape index (κ2) is 6.41. The lowest BCUT2D eigenvalue weighted by Gasteiger charge is -2.09. The summed E-state index contributed by atoms with van der Waals surface area (Å²) in [5.41, 5.74) is 3.48. The van der Waals surface area contributed by atoms with E-state index < -0.39 is 0 Å². The van der Waals surface area contributed by atoms with E-state index in [9.17, 15) is 5.11 Å². The highest BCUT2D eigenvalue weighted by Crippen LogP contribution is 2.25. The third-order valence-corrected chi connectivity index (χ3v) is 3.49. The van der Waals surface area contributed by atoms with E-state index in [0.29, 0.717) is 12.2 Å². The second-order valence-corrected chi connectivity index (χ2v) is 4.91. The molecule has 1 N–H and O–H groups in total. The van der Waals surface area contributed by atoms with Crippen LogP contribution in [0.2, 0.25) is 0 Å². The predicted molar refractivity (Wildman–Crippen MR) is 83.5 cm³/mol. The van der Waals surface area contributed by atoms with Crippen molar-refractivity contribution in [3.63, 3.8) is 0 Å². The van der Waals surface area contributed by atoms with Gasteiger partial charge in [0.15, 0.2) is 0 Å². The number of nitrogens with zero attached hydrogens (tertiary/aromatic N) is 3. The van der Waals surface area contributed by atoms with Crippen LogP contribution in [0.3, 0.4) is 0 Å². The normalized spacial score (nSPS) is 10.6. The van der Waals surface area contributed by atoms with Gasteiger partial charge in [-0.1, -0.05) is 35.5 Å². The van der Waals surface area contributed by atoms with Crippen molar-refractivity contribution in [1.29, 1.82) is 0 Å². The van der Waals surface area contributed by atoms with E-state index in [4.69, 9.17) is 4.74 Å². The van der Waals surface area contributed by atoms with E-state index in [1.165, 1.54) is 0 Å². The Morgan fingerprint density at radius 2 is 1.77 bits per heavy atom. The van der Waals surface area contributed by atoms with Crippen molar-refractivity contribution in [3.8, 4) is 17.0 Å². The van der Waals surface area contributed by atoms with Gasteiger partial charge in [0, 0.05) is 5.56 Å². The number of benzene rings is 2. The van der Waals surface area contributed by atoms with Crippen LogP contribution >= 0.6 is 0 Å². The maximum Gasteiger partial charge on any atom is 0.118 e. The number of methoxy groups -OCH3 is 1. The summed E-state index contributed by atoms with van der Waals surface area (Å²) in [6.07, 6.45) is 0. The van der Waals surface area contributed by atoms with Gasteiger partial charge in [-0.25, -0.2) is 4.68 Å². The quantitative estimate of drug-likeness (QED) is 0.785. The molecule has 0 amide bonds.